The van der Waals surface area contributed by atoms with Crippen LogP contribution in [-0.4, -0.2) is 50.7 Å². The van der Waals surface area contributed by atoms with Crippen LogP contribution in [-0.2, 0) is 11.3 Å². The van der Waals surface area contributed by atoms with Crippen LogP contribution in [0.1, 0.15) is 22.3 Å². The molecule has 2 atom stereocenters. The summed E-state index contributed by atoms with van der Waals surface area (Å²) < 4.78 is 7.32. The molecule has 0 aliphatic carbocycles. The first-order valence-corrected chi connectivity index (χ1v) is 8.76. The number of pyridine rings is 1. The Kier molecular flexibility index (Phi) is 3.51. The van der Waals surface area contributed by atoms with Crippen LogP contribution < -0.4 is 5.73 Å². The van der Waals surface area contributed by atoms with Crippen LogP contribution >= 0.6 is 0 Å². The highest BCUT2D eigenvalue weighted by molar-refractivity contribution is 5.99. The number of primary amides is 1. The second-order valence-electron chi connectivity index (χ2n) is 6.96. The standard InChI is InChI=1S/C19H19N5O2/c20-18(25)16-5-6-17(24-19(16)21-11-22-24)13-3-1-12(2-4-13)8-23-9-15-7-14(23)10-26-15/h1-6,11,14-15H,7-10H2,(H2,20,25)/t14-,15-/m0/s1. The monoisotopic (exact) mass is 349 g/mol. The molecule has 0 spiro atoms. The van der Waals surface area contributed by atoms with Crippen LogP contribution in [0.2, 0.25) is 0 Å². The lowest BCUT2D eigenvalue weighted by Crippen LogP contribution is -2.36. The second-order valence-corrected chi connectivity index (χ2v) is 6.96. The largest absolute Gasteiger partial charge is 0.375 e. The summed E-state index contributed by atoms with van der Waals surface area (Å²) >= 11 is 0. The Hall–Kier alpha value is -2.77. The number of hydrogen-bond donors (Lipinski definition) is 1. The van der Waals surface area contributed by atoms with Crippen molar-refractivity contribution in [2.45, 2.75) is 25.1 Å². The van der Waals surface area contributed by atoms with Crippen molar-refractivity contribution in [3.63, 3.8) is 0 Å². The Morgan fingerprint density at radius 1 is 1.23 bits per heavy atom. The molecule has 2 aromatic heterocycles. The normalized spacial score (nSPS) is 22.3. The maximum atomic E-state index is 11.6. The molecule has 2 fully saturated rings. The number of rotatable bonds is 4. The number of likely N-dealkylation sites (tertiary alicyclic amines) is 1. The molecule has 4 heterocycles. The summed E-state index contributed by atoms with van der Waals surface area (Å²) in [4.78, 5) is 18.2. The number of benzene rings is 1. The second kappa shape index (κ2) is 5.89. The van der Waals surface area contributed by atoms with Gasteiger partial charge in [0.25, 0.3) is 5.91 Å². The third-order valence-corrected chi connectivity index (χ3v) is 5.34. The van der Waals surface area contributed by atoms with E-state index in [2.05, 4.69) is 39.2 Å². The van der Waals surface area contributed by atoms with Gasteiger partial charge in [-0.2, -0.15) is 5.10 Å². The van der Waals surface area contributed by atoms with Crippen molar-refractivity contribution in [3.05, 3.63) is 53.9 Å². The molecule has 132 valence electrons. The Morgan fingerprint density at radius 3 is 2.77 bits per heavy atom. The number of nitrogens with zero attached hydrogens (tertiary/aromatic N) is 4. The van der Waals surface area contributed by atoms with E-state index in [9.17, 15) is 4.79 Å². The van der Waals surface area contributed by atoms with Gasteiger partial charge in [-0.05, 0) is 24.1 Å². The average molecular weight is 349 g/mol. The lowest BCUT2D eigenvalue weighted by atomic mass is 10.1. The average Bonchev–Trinajstić information content (AvgIpc) is 3.38. The van der Waals surface area contributed by atoms with Crippen molar-refractivity contribution in [1.82, 2.24) is 19.5 Å². The van der Waals surface area contributed by atoms with E-state index in [-0.39, 0.29) is 0 Å². The summed E-state index contributed by atoms with van der Waals surface area (Å²) in [6.45, 7) is 2.84. The van der Waals surface area contributed by atoms with Gasteiger partial charge in [0.15, 0.2) is 5.65 Å². The Bertz CT molecular complexity index is 981. The third-order valence-electron chi connectivity index (χ3n) is 5.34. The third kappa shape index (κ3) is 2.48. The van der Waals surface area contributed by atoms with Gasteiger partial charge in [-0.3, -0.25) is 9.69 Å². The molecule has 2 aliphatic heterocycles. The Labute approximate surface area is 150 Å². The topological polar surface area (TPSA) is 85.8 Å². The quantitative estimate of drug-likeness (QED) is 0.771. The van der Waals surface area contributed by atoms with Gasteiger partial charge in [-0.15, -0.1) is 0 Å². The van der Waals surface area contributed by atoms with Gasteiger partial charge in [0, 0.05) is 24.7 Å². The smallest absolute Gasteiger partial charge is 0.252 e. The lowest BCUT2D eigenvalue weighted by Gasteiger charge is -2.26. The Balaban J connectivity index is 1.43. The summed E-state index contributed by atoms with van der Waals surface area (Å²) in [6.07, 6.45) is 3.02. The molecular weight excluding hydrogens is 330 g/mol. The molecule has 1 amide bonds. The minimum atomic E-state index is -0.506. The highest BCUT2D eigenvalue weighted by Crippen LogP contribution is 2.29. The first-order chi connectivity index (χ1) is 12.7. The van der Waals surface area contributed by atoms with Crippen molar-refractivity contribution in [2.24, 2.45) is 5.73 Å². The molecule has 1 aromatic carbocycles. The predicted octanol–water partition coefficient (Wildman–Crippen LogP) is 1.47. The fourth-order valence-corrected chi connectivity index (χ4v) is 4.01. The molecule has 0 unspecified atom stereocenters. The number of fused-ring (bicyclic) bond motifs is 3. The van der Waals surface area contributed by atoms with E-state index in [4.69, 9.17) is 10.5 Å². The fourth-order valence-electron chi connectivity index (χ4n) is 4.01. The lowest BCUT2D eigenvalue weighted by molar-refractivity contribution is 0.0273. The zero-order chi connectivity index (χ0) is 17.7. The first-order valence-electron chi connectivity index (χ1n) is 8.76. The Morgan fingerprint density at radius 2 is 2.08 bits per heavy atom. The maximum absolute atomic E-state index is 11.6. The fraction of sp³-hybridized carbons (Fsp3) is 0.316. The molecule has 3 aromatic rings. The number of carbonyl (C=O) groups excluding carboxylic acids is 1. The molecule has 2 N–H and O–H groups in total. The number of nitrogens with two attached hydrogens (primary N) is 1. The van der Waals surface area contributed by atoms with Crippen LogP contribution in [0.25, 0.3) is 16.9 Å². The number of aromatic nitrogens is 3. The summed E-state index contributed by atoms with van der Waals surface area (Å²) in [7, 11) is 0. The van der Waals surface area contributed by atoms with Crippen LogP contribution in [0.4, 0.5) is 0 Å². The minimum absolute atomic E-state index is 0.370. The zero-order valence-electron chi connectivity index (χ0n) is 14.2. The number of ether oxygens (including phenoxy) is 1. The predicted molar refractivity (Wildman–Crippen MR) is 95.5 cm³/mol. The summed E-state index contributed by atoms with van der Waals surface area (Å²) in [5.74, 6) is -0.506. The zero-order valence-corrected chi connectivity index (χ0v) is 14.2. The molecule has 5 rings (SSSR count). The van der Waals surface area contributed by atoms with Crippen LogP contribution in [0, 0.1) is 0 Å². The van der Waals surface area contributed by atoms with Crippen molar-refractivity contribution in [1.29, 1.82) is 0 Å². The number of amides is 1. The van der Waals surface area contributed by atoms with E-state index < -0.39 is 5.91 Å². The van der Waals surface area contributed by atoms with E-state index >= 15 is 0 Å². The van der Waals surface area contributed by atoms with E-state index in [1.165, 1.54) is 11.9 Å². The summed E-state index contributed by atoms with van der Waals surface area (Å²) in [5.41, 5.74) is 9.45. The van der Waals surface area contributed by atoms with Crippen molar-refractivity contribution in [3.8, 4) is 11.3 Å². The summed E-state index contributed by atoms with van der Waals surface area (Å²) in [6, 6.07) is 12.6. The molecule has 2 aliphatic rings. The van der Waals surface area contributed by atoms with E-state index in [1.807, 2.05) is 6.07 Å². The molecule has 7 nitrogen and oxygen atoms in total. The molecule has 7 heteroatoms. The van der Waals surface area contributed by atoms with Gasteiger partial charge in [-0.25, -0.2) is 9.50 Å². The highest BCUT2D eigenvalue weighted by Gasteiger charge is 2.38. The number of carbonyl (C=O) groups is 1. The SMILES string of the molecule is NC(=O)c1ccc(-c2ccc(CN3C[C@@H]4C[C@H]3CO4)cc2)n2ncnc12. The molecule has 0 radical (unpaired) electrons. The van der Waals surface area contributed by atoms with Gasteiger partial charge < -0.3 is 10.5 Å². The van der Waals surface area contributed by atoms with Gasteiger partial charge in [-0.1, -0.05) is 24.3 Å². The van der Waals surface area contributed by atoms with E-state index in [1.54, 1.807) is 10.6 Å². The van der Waals surface area contributed by atoms with E-state index in [0.717, 1.165) is 37.4 Å². The van der Waals surface area contributed by atoms with Crippen molar-refractivity contribution < 1.29 is 9.53 Å². The van der Waals surface area contributed by atoms with Crippen LogP contribution in [0.3, 0.4) is 0 Å². The van der Waals surface area contributed by atoms with Gasteiger partial charge >= 0.3 is 0 Å². The first kappa shape index (κ1) is 15.5. The van der Waals surface area contributed by atoms with Crippen molar-refractivity contribution >= 4 is 11.6 Å². The van der Waals surface area contributed by atoms with Crippen LogP contribution in [0.15, 0.2) is 42.7 Å². The highest BCUT2D eigenvalue weighted by atomic mass is 16.5. The number of morpholine rings is 1. The molecule has 26 heavy (non-hydrogen) atoms. The van der Waals surface area contributed by atoms with E-state index in [0.29, 0.717) is 23.4 Å². The van der Waals surface area contributed by atoms with Crippen LogP contribution in [0.5, 0.6) is 0 Å². The van der Waals surface area contributed by atoms with Gasteiger partial charge in [0.2, 0.25) is 0 Å². The maximum Gasteiger partial charge on any atom is 0.252 e. The number of hydrogen-bond acceptors (Lipinski definition) is 5. The molecule has 2 bridgehead atoms. The molecular formula is C19H19N5O2. The molecule has 0 saturated carbocycles. The minimum Gasteiger partial charge on any atom is -0.375 e. The van der Waals surface area contributed by atoms with Gasteiger partial charge in [0.1, 0.15) is 6.33 Å². The van der Waals surface area contributed by atoms with Crippen molar-refractivity contribution in [2.75, 3.05) is 13.2 Å². The van der Waals surface area contributed by atoms with Gasteiger partial charge in [0.05, 0.1) is 24.0 Å². The summed E-state index contributed by atoms with van der Waals surface area (Å²) in [5, 5.41) is 4.25. The molecule has 2 saturated heterocycles.